The molecule has 8 heteroatoms. The summed E-state index contributed by atoms with van der Waals surface area (Å²) in [6.07, 6.45) is 0. The third-order valence-corrected chi connectivity index (χ3v) is 11.3. The van der Waals surface area contributed by atoms with Crippen molar-refractivity contribution in [2.45, 2.75) is 98.3 Å². The Labute approximate surface area is 186 Å². The van der Waals surface area contributed by atoms with E-state index in [1.54, 1.807) is 6.07 Å². The van der Waals surface area contributed by atoms with Gasteiger partial charge in [0.1, 0.15) is 5.75 Å². The molecular weight excluding hydrogens is 471 g/mol. The van der Waals surface area contributed by atoms with Crippen LogP contribution in [0, 0.1) is 0 Å². The topological polar surface area (TPSA) is 54.0 Å². The number of benzene rings is 1. The Bertz CT molecular complexity index is 725. The van der Waals surface area contributed by atoms with Crippen molar-refractivity contribution in [2.75, 3.05) is 0 Å². The van der Waals surface area contributed by atoms with E-state index in [9.17, 15) is 4.57 Å². The van der Waals surface area contributed by atoms with Crippen LogP contribution in [0.25, 0.3) is 0 Å². The van der Waals surface area contributed by atoms with Crippen LogP contribution in [-0.2, 0) is 24.6 Å². The summed E-state index contributed by atoms with van der Waals surface area (Å²) < 4.78 is 38.2. The summed E-state index contributed by atoms with van der Waals surface area (Å²) in [6.45, 7) is 22.2. The minimum Gasteiger partial charge on any atom is -0.412 e. The number of halogens is 1. The highest BCUT2D eigenvalue weighted by molar-refractivity contribution is 9.10. The Morgan fingerprint density at radius 3 is 1.83 bits per heavy atom. The van der Waals surface area contributed by atoms with E-state index in [1.165, 1.54) is 0 Å². The first kappa shape index (κ1) is 26.9. The molecule has 1 rings (SSSR count). The molecule has 29 heavy (non-hydrogen) atoms. The van der Waals surface area contributed by atoms with Crippen molar-refractivity contribution in [1.29, 1.82) is 0 Å². The number of hydrogen-bond acceptors (Lipinski definition) is 5. The van der Waals surface area contributed by atoms with Gasteiger partial charge >= 0.3 is 7.82 Å². The van der Waals surface area contributed by atoms with Crippen LogP contribution in [0.2, 0.25) is 18.1 Å². The van der Waals surface area contributed by atoms with Gasteiger partial charge in [-0.15, -0.1) is 0 Å². The molecular formula is C21H38BrO5PSi. The molecule has 5 nitrogen and oxygen atoms in total. The lowest BCUT2D eigenvalue weighted by Gasteiger charge is -2.36. The molecule has 0 fully saturated rings. The SMILES string of the molecule is CC(C)(C)OP(=O)(Oc1ccc(Br)cc1CO[Si](C)(C)C(C)(C)C)OC(C)(C)C. The average molecular weight is 509 g/mol. The van der Waals surface area contributed by atoms with Gasteiger partial charge < -0.3 is 8.95 Å². The van der Waals surface area contributed by atoms with Gasteiger partial charge in [0.15, 0.2) is 8.32 Å². The monoisotopic (exact) mass is 508 g/mol. The molecule has 0 radical (unpaired) electrons. The fourth-order valence-electron chi connectivity index (χ4n) is 2.07. The largest absolute Gasteiger partial charge is 0.531 e. The minimum atomic E-state index is -3.88. The molecule has 1 aromatic carbocycles. The summed E-state index contributed by atoms with van der Waals surface area (Å²) in [5.74, 6) is 0.434. The second-order valence-corrected chi connectivity index (χ2v) is 17.9. The molecule has 1 aromatic rings. The zero-order chi connectivity index (χ0) is 22.9. The number of phosphoric ester groups is 1. The molecule has 0 aliphatic heterocycles. The van der Waals surface area contributed by atoms with E-state index >= 15 is 0 Å². The van der Waals surface area contributed by atoms with Crippen LogP contribution in [0.15, 0.2) is 22.7 Å². The molecule has 0 saturated carbocycles. The molecule has 0 N–H and O–H groups in total. The van der Waals surface area contributed by atoms with Crippen molar-refractivity contribution in [3.63, 3.8) is 0 Å². The van der Waals surface area contributed by atoms with Gasteiger partial charge in [-0.25, -0.2) is 4.57 Å². The van der Waals surface area contributed by atoms with Crippen LogP contribution in [0.5, 0.6) is 5.75 Å². The molecule has 0 aliphatic rings. The van der Waals surface area contributed by atoms with Crippen LogP contribution in [-0.4, -0.2) is 19.5 Å². The highest BCUT2D eigenvalue weighted by atomic mass is 79.9. The molecule has 0 spiro atoms. The van der Waals surface area contributed by atoms with E-state index < -0.39 is 27.3 Å². The summed E-state index contributed by atoms with van der Waals surface area (Å²) in [6, 6.07) is 5.52. The number of phosphoric acid groups is 1. The lowest BCUT2D eigenvalue weighted by atomic mass is 10.2. The van der Waals surface area contributed by atoms with Gasteiger partial charge in [0.25, 0.3) is 0 Å². The highest BCUT2D eigenvalue weighted by Crippen LogP contribution is 2.55. The molecule has 0 unspecified atom stereocenters. The van der Waals surface area contributed by atoms with Gasteiger partial charge in [0.2, 0.25) is 0 Å². The van der Waals surface area contributed by atoms with Gasteiger partial charge in [-0.05, 0) is 77.9 Å². The molecule has 0 bridgehead atoms. The second-order valence-electron chi connectivity index (χ2n) is 10.7. The van der Waals surface area contributed by atoms with Crippen molar-refractivity contribution in [2.24, 2.45) is 0 Å². The second kappa shape index (κ2) is 9.13. The van der Waals surface area contributed by atoms with E-state index in [2.05, 4.69) is 49.8 Å². The van der Waals surface area contributed by atoms with Crippen molar-refractivity contribution < 1.29 is 22.6 Å². The Kier molecular flexibility index (Phi) is 8.46. The normalized spacial score (nSPS) is 14.2. The number of rotatable bonds is 7. The van der Waals surface area contributed by atoms with Gasteiger partial charge in [-0.3, -0.25) is 9.05 Å². The summed E-state index contributed by atoms with van der Waals surface area (Å²) in [7, 11) is -5.85. The predicted molar refractivity (Wildman–Crippen MR) is 126 cm³/mol. The van der Waals surface area contributed by atoms with E-state index in [0.717, 1.165) is 10.0 Å². The van der Waals surface area contributed by atoms with E-state index in [0.29, 0.717) is 12.4 Å². The zero-order valence-corrected chi connectivity index (χ0v) is 23.3. The molecule has 0 atom stereocenters. The maximum Gasteiger partial charge on any atom is 0.531 e. The van der Waals surface area contributed by atoms with E-state index in [-0.39, 0.29) is 5.04 Å². The van der Waals surface area contributed by atoms with Crippen molar-refractivity contribution in [1.82, 2.24) is 0 Å². The summed E-state index contributed by atoms with van der Waals surface area (Å²) >= 11 is 3.50. The van der Waals surface area contributed by atoms with Crippen molar-refractivity contribution in [3.8, 4) is 5.75 Å². The Morgan fingerprint density at radius 1 is 0.931 bits per heavy atom. The van der Waals surface area contributed by atoms with Crippen molar-refractivity contribution >= 4 is 32.1 Å². The van der Waals surface area contributed by atoms with Gasteiger partial charge in [-0.2, -0.15) is 0 Å². The first-order chi connectivity index (χ1) is 12.7. The van der Waals surface area contributed by atoms with Gasteiger partial charge in [-0.1, -0.05) is 36.7 Å². The van der Waals surface area contributed by atoms with E-state index in [1.807, 2.05) is 53.7 Å². The summed E-state index contributed by atoms with van der Waals surface area (Å²) in [4.78, 5) is 0. The molecule has 0 aromatic heterocycles. The quantitative estimate of drug-likeness (QED) is 0.275. The smallest absolute Gasteiger partial charge is 0.412 e. The molecule has 0 saturated heterocycles. The maximum absolute atomic E-state index is 13.5. The third kappa shape index (κ3) is 9.24. The fourth-order valence-corrected chi connectivity index (χ4v) is 5.30. The van der Waals surface area contributed by atoms with E-state index in [4.69, 9.17) is 18.0 Å². The van der Waals surface area contributed by atoms with Crippen LogP contribution in [0.3, 0.4) is 0 Å². The van der Waals surface area contributed by atoms with Crippen LogP contribution >= 0.6 is 23.8 Å². The zero-order valence-electron chi connectivity index (χ0n) is 19.8. The van der Waals surface area contributed by atoms with Crippen LogP contribution < -0.4 is 4.52 Å². The molecule has 0 amide bonds. The summed E-state index contributed by atoms with van der Waals surface area (Å²) in [5, 5.41) is 0.0834. The Morgan fingerprint density at radius 2 is 1.41 bits per heavy atom. The minimum absolute atomic E-state index is 0.0834. The van der Waals surface area contributed by atoms with Crippen molar-refractivity contribution in [3.05, 3.63) is 28.2 Å². The number of hydrogen-bond donors (Lipinski definition) is 0. The van der Waals surface area contributed by atoms with Gasteiger partial charge in [0.05, 0.1) is 17.8 Å². The third-order valence-electron chi connectivity index (χ3n) is 4.40. The summed E-state index contributed by atoms with van der Waals surface area (Å²) in [5.41, 5.74) is -0.610. The first-order valence-electron chi connectivity index (χ1n) is 9.87. The van der Waals surface area contributed by atoms with Gasteiger partial charge in [0, 0.05) is 10.0 Å². The average Bonchev–Trinajstić information content (AvgIpc) is 2.42. The van der Waals surface area contributed by atoms with Crippen LogP contribution in [0.1, 0.15) is 67.9 Å². The molecule has 0 aliphatic carbocycles. The lowest BCUT2D eigenvalue weighted by Crippen LogP contribution is -2.40. The maximum atomic E-state index is 13.5. The fraction of sp³-hybridized carbons (Fsp3) is 0.714. The first-order valence-corrected chi connectivity index (χ1v) is 15.0. The lowest BCUT2D eigenvalue weighted by molar-refractivity contribution is 0.0221. The predicted octanol–water partition coefficient (Wildman–Crippen LogP) is 8.09. The molecule has 0 heterocycles. The standard InChI is InChI=1S/C21H38BrO5PSi/c1-19(2,3)26-28(23,27-20(4,5)6)25-18-13-12-17(22)14-16(18)15-24-29(10,11)21(7,8)9/h12-14H,15H2,1-11H3. The Balaban J connectivity index is 3.23. The highest BCUT2D eigenvalue weighted by Gasteiger charge is 2.40. The van der Waals surface area contributed by atoms with Crippen LogP contribution in [0.4, 0.5) is 0 Å². The molecule has 168 valence electrons. The Hall–Kier alpha value is -0.173.